The summed E-state index contributed by atoms with van der Waals surface area (Å²) in [6.07, 6.45) is 7.53. The first-order valence-electron chi connectivity index (χ1n) is 6.77. The highest BCUT2D eigenvalue weighted by Crippen LogP contribution is 2.12. The van der Waals surface area contributed by atoms with E-state index >= 15 is 0 Å². The van der Waals surface area contributed by atoms with Crippen molar-refractivity contribution in [3.63, 3.8) is 0 Å². The van der Waals surface area contributed by atoms with Gasteiger partial charge in [-0.15, -0.1) is 5.10 Å². The highest BCUT2D eigenvalue weighted by Gasteiger charge is 2.15. The molecule has 1 aromatic heterocycles. The first-order chi connectivity index (χ1) is 10.0. The Bertz CT molecular complexity index is 503. The number of rotatable bonds is 4. The van der Waals surface area contributed by atoms with Gasteiger partial charge in [0.15, 0.2) is 5.82 Å². The average Bonchev–Trinajstić information content (AvgIpc) is 2.50. The monoisotopic (exact) mass is 283 g/mol. The van der Waals surface area contributed by atoms with Crippen LogP contribution < -0.4 is 4.90 Å². The average molecular weight is 283 g/mol. The molecule has 0 atom stereocenters. The van der Waals surface area contributed by atoms with Crippen molar-refractivity contribution in [3.8, 4) is 12.5 Å². The largest absolute Gasteiger partial charge is 0.390 e. The Hall–Kier alpha value is -2.38. The van der Waals surface area contributed by atoms with Crippen LogP contribution in [0.4, 0.5) is 5.82 Å². The van der Waals surface area contributed by atoms with Gasteiger partial charge in [0.2, 0.25) is 0 Å². The smallest absolute Gasteiger partial charge is 0.162 e. The molecule has 0 unspecified atom stereocenters. The molecular formula is C17H21N3O. The second kappa shape index (κ2) is 8.72. The molecule has 4 nitrogen and oxygen atoms in total. The van der Waals surface area contributed by atoms with Crippen LogP contribution >= 0.6 is 0 Å². The third-order valence-electron chi connectivity index (χ3n) is 2.60. The number of nitrogens with zero attached hydrogens (tertiary/aromatic N) is 3. The fourth-order valence-electron chi connectivity index (χ4n) is 1.45. The van der Waals surface area contributed by atoms with Crippen LogP contribution in [0.2, 0.25) is 0 Å². The van der Waals surface area contributed by atoms with Crippen LogP contribution in [0.3, 0.4) is 0 Å². The summed E-state index contributed by atoms with van der Waals surface area (Å²) in [4.78, 5) is 1.63. The SMILES string of the molecule is C#CN(CCC(C)(C)O)c1cccnn1.c1ccccc1. The Morgan fingerprint density at radius 1 is 1.14 bits per heavy atom. The molecule has 0 fully saturated rings. The fraction of sp³-hybridized carbons (Fsp3) is 0.294. The lowest BCUT2D eigenvalue weighted by atomic mass is 10.1. The van der Waals surface area contributed by atoms with Crippen molar-refractivity contribution in [2.45, 2.75) is 25.9 Å². The third kappa shape index (κ3) is 7.71. The van der Waals surface area contributed by atoms with Crippen LogP contribution in [0.5, 0.6) is 0 Å². The minimum Gasteiger partial charge on any atom is -0.390 e. The molecule has 0 aliphatic rings. The highest BCUT2D eigenvalue weighted by molar-refractivity contribution is 5.42. The van der Waals surface area contributed by atoms with Gasteiger partial charge in [0.1, 0.15) is 0 Å². The molecule has 0 aliphatic carbocycles. The molecule has 0 spiro atoms. The van der Waals surface area contributed by atoms with Crippen molar-refractivity contribution in [3.05, 3.63) is 54.7 Å². The summed E-state index contributed by atoms with van der Waals surface area (Å²) < 4.78 is 0. The summed E-state index contributed by atoms with van der Waals surface area (Å²) in [6.45, 7) is 4.05. The fourth-order valence-corrected chi connectivity index (χ4v) is 1.45. The van der Waals surface area contributed by atoms with Gasteiger partial charge < -0.3 is 5.11 Å². The van der Waals surface area contributed by atoms with Crippen molar-refractivity contribution in [2.24, 2.45) is 0 Å². The third-order valence-corrected chi connectivity index (χ3v) is 2.60. The Morgan fingerprint density at radius 2 is 1.71 bits per heavy atom. The first kappa shape index (κ1) is 16.7. The van der Waals surface area contributed by atoms with Crippen LogP contribution in [0.15, 0.2) is 54.7 Å². The van der Waals surface area contributed by atoms with E-state index in [1.54, 1.807) is 37.1 Å². The number of terminal acetylenes is 1. The summed E-state index contributed by atoms with van der Waals surface area (Å²) in [5.74, 6) is 0.629. The number of anilines is 1. The number of aliphatic hydroxyl groups is 1. The van der Waals surface area contributed by atoms with E-state index in [1.165, 1.54) is 0 Å². The highest BCUT2D eigenvalue weighted by atomic mass is 16.3. The van der Waals surface area contributed by atoms with Crippen LogP contribution in [0.1, 0.15) is 20.3 Å². The van der Waals surface area contributed by atoms with Gasteiger partial charge in [-0.25, -0.2) is 0 Å². The van der Waals surface area contributed by atoms with Gasteiger partial charge in [0.25, 0.3) is 0 Å². The van der Waals surface area contributed by atoms with E-state index in [2.05, 4.69) is 16.2 Å². The van der Waals surface area contributed by atoms with Gasteiger partial charge in [-0.2, -0.15) is 5.10 Å². The molecule has 0 saturated heterocycles. The van der Waals surface area contributed by atoms with E-state index in [-0.39, 0.29) is 0 Å². The quantitative estimate of drug-likeness (QED) is 0.692. The van der Waals surface area contributed by atoms with Crippen LogP contribution in [0.25, 0.3) is 0 Å². The van der Waals surface area contributed by atoms with E-state index in [1.807, 2.05) is 36.4 Å². The molecule has 0 saturated carbocycles. The molecular weight excluding hydrogens is 262 g/mol. The number of hydrogen-bond donors (Lipinski definition) is 1. The molecule has 1 aromatic carbocycles. The molecule has 1 heterocycles. The van der Waals surface area contributed by atoms with E-state index in [4.69, 9.17) is 6.42 Å². The molecule has 110 valence electrons. The van der Waals surface area contributed by atoms with Crippen molar-refractivity contribution >= 4 is 5.82 Å². The van der Waals surface area contributed by atoms with E-state index in [0.717, 1.165) is 0 Å². The molecule has 0 amide bonds. The van der Waals surface area contributed by atoms with Crippen molar-refractivity contribution < 1.29 is 5.11 Å². The van der Waals surface area contributed by atoms with Crippen molar-refractivity contribution in [1.82, 2.24) is 10.2 Å². The van der Waals surface area contributed by atoms with Crippen LogP contribution in [-0.2, 0) is 0 Å². The molecule has 2 rings (SSSR count). The molecule has 4 heteroatoms. The predicted octanol–water partition coefficient (Wildman–Crippen LogP) is 2.72. The number of aromatic nitrogens is 2. The molecule has 0 radical (unpaired) electrons. The molecule has 1 N–H and O–H groups in total. The van der Waals surface area contributed by atoms with E-state index in [9.17, 15) is 5.11 Å². The van der Waals surface area contributed by atoms with Crippen LogP contribution in [0, 0.1) is 12.5 Å². The lowest BCUT2D eigenvalue weighted by Crippen LogP contribution is -2.28. The Balaban J connectivity index is 0.000000304. The Morgan fingerprint density at radius 3 is 2.10 bits per heavy atom. The predicted molar refractivity (Wildman–Crippen MR) is 85.6 cm³/mol. The maximum atomic E-state index is 9.58. The second-order valence-electron chi connectivity index (χ2n) is 5.08. The van der Waals surface area contributed by atoms with Crippen molar-refractivity contribution in [2.75, 3.05) is 11.4 Å². The molecule has 21 heavy (non-hydrogen) atoms. The van der Waals surface area contributed by atoms with Gasteiger partial charge in [0.05, 0.1) is 5.60 Å². The normalized spacial score (nSPS) is 10.0. The van der Waals surface area contributed by atoms with Gasteiger partial charge >= 0.3 is 0 Å². The van der Waals surface area contributed by atoms with E-state index in [0.29, 0.717) is 18.8 Å². The van der Waals surface area contributed by atoms with Gasteiger partial charge in [-0.3, -0.25) is 4.90 Å². The Kier molecular flexibility index (Phi) is 6.93. The topological polar surface area (TPSA) is 49.2 Å². The molecule has 0 bridgehead atoms. The number of hydrogen-bond acceptors (Lipinski definition) is 4. The zero-order valence-electron chi connectivity index (χ0n) is 12.5. The summed E-state index contributed by atoms with van der Waals surface area (Å²) >= 11 is 0. The van der Waals surface area contributed by atoms with Crippen molar-refractivity contribution in [1.29, 1.82) is 0 Å². The zero-order valence-corrected chi connectivity index (χ0v) is 12.5. The summed E-state index contributed by atoms with van der Waals surface area (Å²) in [6, 6.07) is 18.1. The van der Waals surface area contributed by atoms with Gasteiger partial charge in [-0.05, 0) is 32.4 Å². The maximum Gasteiger partial charge on any atom is 0.162 e. The summed E-state index contributed by atoms with van der Waals surface area (Å²) in [5.41, 5.74) is -0.725. The lowest BCUT2D eigenvalue weighted by molar-refractivity contribution is 0.0737. The summed E-state index contributed by atoms with van der Waals surface area (Å²) in [5, 5.41) is 17.2. The van der Waals surface area contributed by atoms with Gasteiger partial charge in [0, 0.05) is 18.8 Å². The van der Waals surface area contributed by atoms with Crippen LogP contribution in [-0.4, -0.2) is 27.4 Å². The Labute approximate surface area is 126 Å². The standard InChI is InChI=1S/C11H15N3O.C6H6/c1-4-14(9-7-11(2,3)15)10-6-5-8-12-13-10;1-2-4-6-5-3-1/h1,5-6,8,15H,7,9H2,2-3H3;1-6H. The minimum absolute atomic E-state index is 0.554. The van der Waals surface area contributed by atoms with Gasteiger partial charge in [-0.1, -0.05) is 42.8 Å². The molecule has 0 aliphatic heterocycles. The maximum absolute atomic E-state index is 9.58. The zero-order chi connectivity index (χ0) is 15.6. The lowest BCUT2D eigenvalue weighted by Gasteiger charge is -2.21. The van der Waals surface area contributed by atoms with E-state index < -0.39 is 5.60 Å². The first-order valence-corrected chi connectivity index (χ1v) is 6.77. The molecule has 2 aromatic rings. The minimum atomic E-state index is -0.725. The second-order valence-corrected chi connectivity index (χ2v) is 5.08. The summed E-state index contributed by atoms with van der Waals surface area (Å²) in [7, 11) is 0. The number of benzene rings is 1.